The summed E-state index contributed by atoms with van der Waals surface area (Å²) in [5.74, 6) is -0.540. The second-order valence-electron chi connectivity index (χ2n) is 6.49. The summed E-state index contributed by atoms with van der Waals surface area (Å²) in [7, 11) is 3.98. The zero-order valence-corrected chi connectivity index (χ0v) is 18.1. The number of nitrogens with zero attached hydrogens (tertiary/aromatic N) is 3. The van der Waals surface area contributed by atoms with E-state index in [1.165, 1.54) is 0 Å². The first-order chi connectivity index (χ1) is 13.9. The molecule has 0 unspecified atom stereocenters. The van der Waals surface area contributed by atoms with E-state index in [9.17, 15) is 10.0 Å². The molecule has 0 saturated carbocycles. The molecule has 0 radical (unpaired) electrons. The van der Waals surface area contributed by atoms with E-state index < -0.39 is 5.91 Å². The fourth-order valence-corrected chi connectivity index (χ4v) is 3.38. The monoisotopic (exact) mass is 409 g/mol. The van der Waals surface area contributed by atoms with Gasteiger partial charge in [0.25, 0.3) is 5.91 Å². The van der Waals surface area contributed by atoms with E-state index in [1.807, 2.05) is 86.9 Å². The molecule has 0 aliphatic carbocycles. The largest absolute Gasteiger partial charge is 0.296 e. The predicted octanol–water partition coefficient (Wildman–Crippen LogP) is 5.23. The lowest BCUT2D eigenvalue weighted by atomic mass is 10.1. The van der Waals surface area contributed by atoms with Crippen molar-refractivity contribution in [2.24, 2.45) is 0 Å². The van der Waals surface area contributed by atoms with Crippen molar-refractivity contribution in [3.8, 4) is 11.1 Å². The van der Waals surface area contributed by atoms with Gasteiger partial charge < -0.3 is 0 Å². The van der Waals surface area contributed by atoms with Gasteiger partial charge in [-0.25, -0.2) is 5.06 Å². The molecule has 1 N–H and O–H groups in total. The van der Waals surface area contributed by atoms with Crippen molar-refractivity contribution in [1.29, 1.82) is 0 Å². The lowest BCUT2D eigenvalue weighted by Crippen LogP contribution is -2.29. The van der Waals surface area contributed by atoms with Crippen LogP contribution < -0.4 is 0 Å². The quantitative estimate of drug-likeness (QED) is 0.280. The van der Waals surface area contributed by atoms with Gasteiger partial charge in [0.1, 0.15) is 5.69 Å². The minimum absolute atomic E-state index is 0.0778. The first kappa shape index (κ1) is 22.6. The van der Waals surface area contributed by atoms with Crippen LogP contribution in [-0.4, -0.2) is 46.1 Å². The Hall–Kier alpha value is -2.67. The second kappa shape index (κ2) is 11.4. The highest BCUT2D eigenvalue weighted by Gasteiger charge is 2.16. The van der Waals surface area contributed by atoms with Gasteiger partial charge in [0, 0.05) is 11.1 Å². The molecule has 0 atom stereocenters. The third kappa shape index (κ3) is 7.02. The Morgan fingerprint density at radius 3 is 2.59 bits per heavy atom. The van der Waals surface area contributed by atoms with Crippen LogP contribution in [0.2, 0.25) is 0 Å². The van der Waals surface area contributed by atoms with Crippen molar-refractivity contribution >= 4 is 17.9 Å². The predicted molar refractivity (Wildman–Crippen MR) is 120 cm³/mol. The normalized spacial score (nSPS) is 12.3. The Morgan fingerprint density at radius 1 is 1.14 bits per heavy atom. The minimum Gasteiger partial charge on any atom is -0.285 e. The molecule has 2 aromatic rings. The molecule has 1 aromatic heterocycles. The van der Waals surface area contributed by atoms with Gasteiger partial charge in [0.15, 0.2) is 0 Å². The molecule has 5 nitrogen and oxygen atoms in total. The third-order valence-electron chi connectivity index (χ3n) is 3.88. The molecule has 0 saturated heterocycles. The van der Waals surface area contributed by atoms with Crippen LogP contribution in [0.5, 0.6) is 0 Å². The summed E-state index contributed by atoms with van der Waals surface area (Å²) < 4.78 is 2.02. The number of hydrogen-bond donors (Lipinski definition) is 1. The average molecular weight is 410 g/mol. The van der Waals surface area contributed by atoms with Gasteiger partial charge in [-0.05, 0) is 80.9 Å². The Bertz CT molecular complexity index is 920. The molecular weight excluding hydrogens is 382 g/mol. The summed E-state index contributed by atoms with van der Waals surface area (Å²) in [5, 5.41) is 11.0. The standard InChI is InChI=1S/C23H27N3O2S/c1-5-7-10-18(9-6-2)17-26(28)23(27)22-16-20(13-14-24-22)19-11-8-12-21(15-19)29-25(3)4/h5-16,28H,17H2,1-4H3/b7-5-,9-6-,18-10+. The van der Waals surface area contributed by atoms with E-state index in [2.05, 4.69) is 11.1 Å². The van der Waals surface area contributed by atoms with Crippen molar-refractivity contribution in [2.45, 2.75) is 18.7 Å². The number of rotatable bonds is 8. The molecule has 1 heterocycles. The number of aromatic nitrogens is 1. The number of amides is 1. The minimum atomic E-state index is -0.540. The number of hydrogen-bond acceptors (Lipinski definition) is 5. The topological polar surface area (TPSA) is 56.7 Å². The highest BCUT2D eigenvalue weighted by atomic mass is 32.2. The van der Waals surface area contributed by atoms with E-state index >= 15 is 0 Å². The molecular formula is C23H27N3O2S. The van der Waals surface area contributed by atoms with Crippen LogP contribution in [-0.2, 0) is 0 Å². The summed E-state index contributed by atoms with van der Waals surface area (Å²) in [6.07, 6.45) is 10.9. The van der Waals surface area contributed by atoms with Gasteiger partial charge in [-0.2, -0.15) is 0 Å². The van der Waals surface area contributed by atoms with Crippen molar-refractivity contribution < 1.29 is 10.0 Å². The lowest BCUT2D eigenvalue weighted by molar-refractivity contribution is -0.0511. The van der Waals surface area contributed by atoms with E-state index in [0.29, 0.717) is 5.06 Å². The van der Waals surface area contributed by atoms with Crippen molar-refractivity contribution in [1.82, 2.24) is 14.4 Å². The van der Waals surface area contributed by atoms with E-state index in [0.717, 1.165) is 21.6 Å². The van der Waals surface area contributed by atoms with Crippen LogP contribution in [0.3, 0.4) is 0 Å². The maximum atomic E-state index is 12.7. The zero-order chi connectivity index (χ0) is 21.2. The highest BCUT2D eigenvalue weighted by Crippen LogP contribution is 2.26. The van der Waals surface area contributed by atoms with Crippen LogP contribution in [0.15, 0.2) is 83.4 Å². The Balaban J connectivity index is 2.23. The van der Waals surface area contributed by atoms with Crippen LogP contribution in [0, 0.1) is 0 Å². The SMILES string of the molecule is C\C=C/C=C(\C=C/C)CN(O)C(=O)c1cc(-c2cccc(SN(C)C)c2)ccn1. The molecule has 29 heavy (non-hydrogen) atoms. The number of carbonyl (C=O) groups is 1. The van der Waals surface area contributed by atoms with Gasteiger partial charge in [-0.15, -0.1) is 0 Å². The van der Waals surface area contributed by atoms with Crippen molar-refractivity contribution in [3.63, 3.8) is 0 Å². The highest BCUT2D eigenvalue weighted by molar-refractivity contribution is 7.97. The van der Waals surface area contributed by atoms with Crippen LogP contribution in [0.4, 0.5) is 0 Å². The fraction of sp³-hybridized carbons (Fsp3) is 0.217. The first-order valence-corrected chi connectivity index (χ1v) is 10.1. The Labute approximate surface area is 177 Å². The van der Waals surface area contributed by atoms with Crippen molar-refractivity contribution in [2.75, 3.05) is 20.6 Å². The van der Waals surface area contributed by atoms with Gasteiger partial charge in [-0.1, -0.05) is 42.5 Å². The summed E-state index contributed by atoms with van der Waals surface area (Å²) in [6.45, 7) is 3.88. The summed E-state index contributed by atoms with van der Waals surface area (Å²) in [5.41, 5.74) is 2.86. The van der Waals surface area contributed by atoms with Gasteiger partial charge in [0.05, 0.1) is 6.54 Å². The smallest absolute Gasteiger partial charge is 0.285 e. The van der Waals surface area contributed by atoms with Crippen LogP contribution >= 0.6 is 11.9 Å². The van der Waals surface area contributed by atoms with E-state index in [1.54, 1.807) is 24.2 Å². The molecule has 1 aromatic carbocycles. The number of benzene rings is 1. The lowest BCUT2D eigenvalue weighted by Gasteiger charge is -2.16. The Morgan fingerprint density at radius 2 is 1.90 bits per heavy atom. The third-order valence-corrected chi connectivity index (χ3v) is 4.71. The van der Waals surface area contributed by atoms with Crippen molar-refractivity contribution in [3.05, 3.63) is 84.2 Å². The molecule has 0 aliphatic rings. The summed E-state index contributed by atoms with van der Waals surface area (Å²) in [4.78, 5) is 17.9. The maximum Gasteiger partial charge on any atom is 0.296 e. The van der Waals surface area contributed by atoms with Gasteiger partial charge >= 0.3 is 0 Å². The zero-order valence-electron chi connectivity index (χ0n) is 17.2. The molecule has 152 valence electrons. The van der Waals surface area contributed by atoms with E-state index in [-0.39, 0.29) is 12.2 Å². The van der Waals surface area contributed by atoms with Crippen LogP contribution in [0.1, 0.15) is 24.3 Å². The molecule has 0 aliphatic heterocycles. The number of carbonyl (C=O) groups excluding carboxylic acids is 1. The summed E-state index contributed by atoms with van der Waals surface area (Å²) >= 11 is 1.62. The van der Waals surface area contributed by atoms with Gasteiger partial charge in [-0.3, -0.25) is 19.3 Å². The maximum absolute atomic E-state index is 12.7. The summed E-state index contributed by atoms with van der Waals surface area (Å²) in [6, 6.07) is 11.6. The Kier molecular flexibility index (Phi) is 8.86. The fourth-order valence-electron chi connectivity index (χ4n) is 2.64. The van der Waals surface area contributed by atoms with Gasteiger partial charge in [0.2, 0.25) is 0 Å². The molecule has 0 bridgehead atoms. The number of allylic oxidation sites excluding steroid dienone is 4. The van der Waals surface area contributed by atoms with E-state index in [4.69, 9.17) is 0 Å². The molecule has 6 heteroatoms. The average Bonchev–Trinajstić information content (AvgIpc) is 2.71. The molecule has 2 rings (SSSR count). The second-order valence-corrected chi connectivity index (χ2v) is 7.88. The molecule has 1 amide bonds. The number of pyridine rings is 1. The van der Waals surface area contributed by atoms with Crippen LogP contribution in [0.25, 0.3) is 11.1 Å². The molecule has 0 fully saturated rings. The number of hydroxylamine groups is 2. The first-order valence-electron chi connectivity index (χ1n) is 9.31. The molecule has 0 spiro atoms.